The standard InChI is InChI=1S/C20H28ClNO/c1-6-18(16(3)13-14-22(5)17(4)23)8-7-15(2)19-9-11-20(21)12-10-19/h7-12,16H,6,13-14H2,1-5H3. The molecule has 1 unspecified atom stereocenters. The monoisotopic (exact) mass is 333 g/mol. The van der Waals surface area contributed by atoms with Crippen molar-refractivity contribution in [3.63, 3.8) is 0 Å². The minimum atomic E-state index is 0.123. The Balaban J connectivity index is 2.75. The van der Waals surface area contributed by atoms with E-state index in [0.717, 1.165) is 24.4 Å². The molecular formula is C20H28ClNO. The van der Waals surface area contributed by atoms with Crippen LogP contribution < -0.4 is 0 Å². The Labute approximate surface area is 145 Å². The van der Waals surface area contributed by atoms with Gasteiger partial charge in [0.25, 0.3) is 0 Å². The topological polar surface area (TPSA) is 20.3 Å². The molecular weight excluding hydrogens is 306 g/mol. The number of nitrogens with zero attached hydrogens (tertiary/aromatic N) is 1. The van der Waals surface area contributed by atoms with Gasteiger partial charge in [-0.15, -0.1) is 0 Å². The van der Waals surface area contributed by atoms with Crippen LogP contribution in [-0.2, 0) is 4.79 Å². The van der Waals surface area contributed by atoms with Crippen LogP contribution in [0.3, 0.4) is 0 Å². The van der Waals surface area contributed by atoms with E-state index in [2.05, 4.69) is 32.9 Å². The fourth-order valence-corrected chi connectivity index (χ4v) is 2.53. The van der Waals surface area contributed by atoms with E-state index in [1.807, 2.05) is 31.3 Å². The second kappa shape index (κ2) is 9.57. The Bertz CT molecular complexity index is 572. The minimum absolute atomic E-state index is 0.123. The van der Waals surface area contributed by atoms with E-state index in [9.17, 15) is 4.79 Å². The molecule has 0 fully saturated rings. The SMILES string of the molecule is CCC(=CC=C(C)c1ccc(Cl)cc1)C(C)CCN(C)C(C)=O. The summed E-state index contributed by atoms with van der Waals surface area (Å²) >= 11 is 5.93. The molecule has 3 heteroatoms. The molecule has 0 radical (unpaired) electrons. The zero-order valence-electron chi connectivity index (χ0n) is 14.9. The van der Waals surface area contributed by atoms with Crippen molar-refractivity contribution < 1.29 is 4.79 Å². The minimum Gasteiger partial charge on any atom is -0.346 e. The average molecular weight is 334 g/mol. The molecule has 2 nitrogen and oxygen atoms in total. The third-order valence-corrected chi connectivity index (χ3v) is 4.58. The summed E-state index contributed by atoms with van der Waals surface area (Å²) in [4.78, 5) is 13.1. The lowest BCUT2D eigenvalue weighted by molar-refractivity contribution is -0.127. The van der Waals surface area contributed by atoms with Gasteiger partial charge in [-0.3, -0.25) is 4.79 Å². The Morgan fingerprint density at radius 1 is 1.22 bits per heavy atom. The highest BCUT2D eigenvalue weighted by molar-refractivity contribution is 6.30. The third kappa shape index (κ3) is 6.62. The van der Waals surface area contributed by atoms with Gasteiger partial charge in [0.05, 0.1) is 0 Å². The number of hydrogen-bond acceptors (Lipinski definition) is 1. The normalized spacial score (nSPS) is 13.8. The Kier molecular flexibility index (Phi) is 8.11. The molecule has 0 saturated carbocycles. The van der Waals surface area contributed by atoms with Crippen LogP contribution in [0, 0.1) is 5.92 Å². The maximum absolute atomic E-state index is 11.3. The number of amides is 1. The largest absolute Gasteiger partial charge is 0.346 e. The van der Waals surface area contributed by atoms with Gasteiger partial charge in [-0.2, -0.15) is 0 Å². The van der Waals surface area contributed by atoms with Crippen LogP contribution in [0.25, 0.3) is 5.57 Å². The maximum Gasteiger partial charge on any atom is 0.219 e. The number of halogens is 1. The molecule has 1 rings (SSSR count). The van der Waals surface area contributed by atoms with Gasteiger partial charge in [0.1, 0.15) is 0 Å². The van der Waals surface area contributed by atoms with Crippen molar-refractivity contribution in [2.24, 2.45) is 5.92 Å². The number of carbonyl (C=O) groups excluding carboxylic acids is 1. The maximum atomic E-state index is 11.3. The van der Waals surface area contributed by atoms with E-state index in [0.29, 0.717) is 5.92 Å². The highest BCUT2D eigenvalue weighted by Gasteiger charge is 2.09. The van der Waals surface area contributed by atoms with Crippen molar-refractivity contribution >= 4 is 23.1 Å². The highest BCUT2D eigenvalue weighted by atomic mass is 35.5. The number of benzene rings is 1. The zero-order valence-corrected chi connectivity index (χ0v) is 15.7. The summed E-state index contributed by atoms with van der Waals surface area (Å²) in [6.07, 6.45) is 6.41. The summed E-state index contributed by atoms with van der Waals surface area (Å²) < 4.78 is 0. The number of hydrogen-bond donors (Lipinski definition) is 0. The molecule has 0 bridgehead atoms. The molecule has 0 N–H and O–H groups in total. The molecule has 0 aliphatic carbocycles. The van der Waals surface area contributed by atoms with Crippen LogP contribution in [0.2, 0.25) is 5.02 Å². The molecule has 1 aromatic carbocycles. The van der Waals surface area contributed by atoms with Crippen LogP contribution >= 0.6 is 11.6 Å². The average Bonchev–Trinajstić information content (AvgIpc) is 2.53. The molecule has 0 heterocycles. The van der Waals surface area contributed by atoms with Gasteiger partial charge in [-0.1, -0.05) is 55.3 Å². The van der Waals surface area contributed by atoms with Crippen molar-refractivity contribution in [2.45, 2.75) is 40.5 Å². The van der Waals surface area contributed by atoms with E-state index in [-0.39, 0.29) is 5.91 Å². The van der Waals surface area contributed by atoms with E-state index in [1.165, 1.54) is 16.7 Å². The smallest absolute Gasteiger partial charge is 0.219 e. The molecule has 0 aromatic heterocycles. The first-order chi connectivity index (χ1) is 10.8. The first kappa shape index (κ1) is 19.5. The van der Waals surface area contributed by atoms with E-state index in [4.69, 9.17) is 11.6 Å². The van der Waals surface area contributed by atoms with Crippen LogP contribution in [0.15, 0.2) is 42.0 Å². The lowest BCUT2D eigenvalue weighted by Crippen LogP contribution is -2.26. The number of allylic oxidation sites excluding steroid dienone is 4. The van der Waals surface area contributed by atoms with Gasteiger partial charge in [-0.05, 0) is 49.0 Å². The molecule has 126 valence electrons. The van der Waals surface area contributed by atoms with E-state index >= 15 is 0 Å². The summed E-state index contributed by atoms with van der Waals surface area (Å²) in [5.74, 6) is 0.591. The predicted molar refractivity (Wildman–Crippen MR) is 101 cm³/mol. The number of carbonyl (C=O) groups is 1. The Morgan fingerprint density at radius 3 is 2.35 bits per heavy atom. The van der Waals surface area contributed by atoms with Crippen LogP contribution in [0.1, 0.15) is 46.1 Å². The highest BCUT2D eigenvalue weighted by Crippen LogP contribution is 2.21. The summed E-state index contributed by atoms with van der Waals surface area (Å²) in [5.41, 5.74) is 3.82. The zero-order chi connectivity index (χ0) is 17.4. The van der Waals surface area contributed by atoms with Crippen molar-refractivity contribution in [1.82, 2.24) is 4.90 Å². The number of rotatable bonds is 7. The first-order valence-electron chi connectivity index (χ1n) is 8.20. The fourth-order valence-electron chi connectivity index (χ4n) is 2.40. The molecule has 1 aromatic rings. The fraction of sp³-hybridized carbons (Fsp3) is 0.450. The van der Waals surface area contributed by atoms with Crippen LogP contribution in [0.5, 0.6) is 0 Å². The van der Waals surface area contributed by atoms with Crippen molar-refractivity contribution in [3.8, 4) is 0 Å². The summed E-state index contributed by atoms with van der Waals surface area (Å²) in [6, 6.07) is 7.91. The van der Waals surface area contributed by atoms with Gasteiger partial charge in [0.15, 0.2) is 0 Å². The molecule has 0 saturated heterocycles. The molecule has 1 amide bonds. The van der Waals surface area contributed by atoms with Crippen LogP contribution in [-0.4, -0.2) is 24.4 Å². The lowest BCUT2D eigenvalue weighted by Gasteiger charge is -2.19. The quantitative estimate of drug-likeness (QED) is 0.596. The third-order valence-electron chi connectivity index (χ3n) is 4.32. The van der Waals surface area contributed by atoms with Gasteiger partial charge in [-0.25, -0.2) is 0 Å². The summed E-state index contributed by atoms with van der Waals surface area (Å²) in [7, 11) is 1.86. The van der Waals surface area contributed by atoms with Gasteiger partial charge < -0.3 is 4.90 Å². The molecule has 0 aliphatic heterocycles. The first-order valence-corrected chi connectivity index (χ1v) is 8.58. The Hall–Kier alpha value is -1.54. The van der Waals surface area contributed by atoms with Crippen molar-refractivity contribution in [3.05, 3.63) is 52.6 Å². The van der Waals surface area contributed by atoms with Gasteiger partial charge >= 0.3 is 0 Å². The molecule has 1 atom stereocenters. The summed E-state index contributed by atoms with van der Waals surface area (Å²) in [5, 5.41) is 0.759. The van der Waals surface area contributed by atoms with E-state index in [1.54, 1.807) is 11.8 Å². The molecule has 23 heavy (non-hydrogen) atoms. The summed E-state index contributed by atoms with van der Waals surface area (Å²) in [6.45, 7) is 8.94. The second-order valence-electron chi connectivity index (χ2n) is 6.08. The molecule has 0 spiro atoms. The van der Waals surface area contributed by atoms with E-state index < -0.39 is 0 Å². The predicted octanol–water partition coefficient (Wildman–Crippen LogP) is 5.58. The van der Waals surface area contributed by atoms with Gasteiger partial charge in [0, 0.05) is 25.5 Å². The second-order valence-corrected chi connectivity index (χ2v) is 6.52. The molecule has 0 aliphatic rings. The van der Waals surface area contributed by atoms with Crippen LogP contribution in [0.4, 0.5) is 0 Å². The lowest BCUT2D eigenvalue weighted by atomic mass is 9.94. The Morgan fingerprint density at radius 2 is 1.83 bits per heavy atom. The van der Waals surface area contributed by atoms with Gasteiger partial charge in [0.2, 0.25) is 5.91 Å². The van der Waals surface area contributed by atoms with Crippen molar-refractivity contribution in [2.75, 3.05) is 13.6 Å². The van der Waals surface area contributed by atoms with Crippen molar-refractivity contribution in [1.29, 1.82) is 0 Å².